The number of pyridine rings is 2. The molecule has 152 valence electrons. The number of imidazole rings is 1. The van der Waals surface area contributed by atoms with Gasteiger partial charge in [-0.25, -0.2) is 9.97 Å². The number of nitrogens with zero attached hydrogens (tertiary/aromatic N) is 3. The van der Waals surface area contributed by atoms with Gasteiger partial charge >= 0.3 is 0 Å². The average molecular weight is 486 g/mol. The summed E-state index contributed by atoms with van der Waals surface area (Å²) in [5.74, 6) is 2.03. The Morgan fingerprint density at radius 2 is 1.97 bits per heavy atom. The number of aryl methyl sites for hydroxylation is 1. The number of halogens is 2. The van der Waals surface area contributed by atoms with E-state index in [0.29, 0.717) is 29.1 Å². The van der Waals surface area contributed by atoms with Gasteiger partial charge in [-0.1, -0.05) is 11.6 Å². The largest absolute Gasteiger partial charge is 0.496 e. The van der Waals surface area contributed by atoms with Gasteiger partial charge < -0.3 is 14.5 Å². The Morgan fingerprint density at radius 3 is 2.70 bits per heavy atom. The van der Waals surface area contributed by atoms with E-state index < -0.39 is 0 Å². The highest BCUT2D eigenvalue weighted by Crippen LogP contribution is 2.37. The molecule has 1 aromatic carbocycles. The van der Waals surface area contributed by atoms with Crippen molar-refractivity contribution < 1.29 is 9.47 Å². The smallest absolute Gasteiger partial charge is 0.140 e. The van der Waals surface area contributed by atoms with E-state index in [1.807, 2.05) is 43.5 Å². The number of ether oxygens (including phenoxy) is 2. The fourth-order valence-corrected chi connectivity index (χ4v) is 3.60. The number of rotatable bonds is 6. The lowest BCUT2D eigenvalue weighted by Gasteiger charge is -2.11. The highest BCUT2D eigenvalue weighted by atomic mass is 79.9. The minimum Gasteiger partial charge on any atom is -0.496 e. The summed E-state index contributed by atoms with van der Waals surface area (Å²) in [5, 5.41) is 0.434. The van der Waals surface area contributed by atoms with Gasteiger partial charge in [0.2, 0.25) is 0 Å². The van der Waals surface area contributed by atoms with Crippen molar-refractivity contribution in [1.29, 1.82) is 0 Å². The van der Waals surface area contributed by atoms with E-state index in [0.717, 1.165) is 32.6 Å². The van der Waals surface area contributed by atoms with Crippen molar-refractivity contribution in [3.8, 4) is 34.1 Å². The first-order chi connectivity index (χ1) is 14.5. The molecule has 4 rings (SSSR count). The van der Waals surface area contributed by atoms with Gasteiger partial charge in [-0.3, -0.25) is 4.98 Å². The van der Waals surface area contributed by atoms with Gasteiger partial charge in [-0.15, -0.1) is 0 Å². The Balaban J connectivity index is 1.59. The molecule has 0 amide bonds. The van der Waals surface area contributed by atoms with E-state index in [1.165, 1.54) is 0 Å². The summed E-state index contributed by atoms with van der Waals surface area (Å²) >= 11 is 9.43. The monoisotopic (exact) mass is 484 g/mol. The summed E-state index contributed by atoms with van der Waals surface area (Å²) in [4.78, 5) is 16.2. The number of H-pyrrole nitrogens is 1. The van der Waals surface area contributed by atoms with Gasteiger partial charge in [0.15, 0.2) is 0 Å². The van der Waals surface area contributed by atoms with Gasteiger partial charge in [0.1, 0.15) is 39.4 Å². The van der Waals surface area contributed by atoms with Crippen molar-refractivity contribution in [2.45, 2.75) is 13.5 Å². The molecule has 0 aliphatic carbocycles. The SMILES string of the molecule is COc1cc(OCc2cncc(C)c2)ccc1-c1nc(-c2ccc(Cl)nc2)[nH]c1Br. The molecule has 0 radical (unpaired) electrons. The average Bonchev–Trinajstić information content (AvgIpc) is 3.14. The Morgan fingerprint density at radius 1 is 1.10 bits per heavy atom. The normalized spacial score (nSPS) is 10.8. The molecule has 0 fully saturated rings. The third-order valence-electron chi connectivity index (χ3n) is 4.43. The Kier molecular flexibility index (Phi) is 6.01. The number of methoxy groups -OCH3 is 1. The molecule has 0 saturated heterocycles. The lowest BCUT2D eigenvalue weighted by Crippen LogP contribution is -1.98. The van der Waals surface area contributed by atoms with E-state index in [-0.39, 0.29) is 0 Å². The zero-order valence-electron chi connectivity index (χ0n) is 16.3. The predicted molar refractivity (Wildman–Crippen MR) is 120 cm³/mol. The number of aromatic amines is 1. The number of hydrogen-bond donors (Lipinski definition) is 1. The number of hydrogen-bond acceptors (Lipinski definition) is 5. The first kappa shape index (κ1) is 20.4. The van der Waals surface area contributed by atoms with E-state index in [1.54, 1.807) is 25.6 Å². The zero-order chi connectivity index (χ0) is 21.1. The van der Waals surface area contributed by atoms with Crippen LogP contribution >= 0.6 is 27.5 Å². The van der Waals surface area contributed by atoms with Crippen LogP contribution in [0.3, 0.4) is 0 Å². The van der Waals surface area contributed by atoms with Crippen molar-refractivity contribution in [1.82, 2.24) is 19.9 Å². The summed E-state index contributed by atoms with van der Waals surface area (Å²) < 4.78 is 12.3. The topological polar surface area (TPSA) is 72.9 Å². The van der Waals surface area contributed by atoms with Crippen molar-refractivity contribution in [3.05, 3.63) is 75.9 Å². The van der Waals surface area contributed by atoms with Crippen LogP contribution in [0.15, 0.2) is 59.6 Å². The maximum atomic E-state index is 5.92. The number of aromatic nitrogens is 4. The fourth-order valence-electron chi connectivity index (χ4n) is 3.00. The van der Waals surface area contributed by atoms with E-state index >= 15 is 0 Å². The Bertz CT molecular complexity index is 1180. The molecule has 8 heteroatoms. The molecule has 1 N–H and O–H groups in total. The lowest BCUT2D eigenvalue weighted by molar-refractivity contribution is 0.303. The van der Waals surface area contributed by atoms with E-state index in [4.69, 9.17) is 26.1 Å². The molecule has 0 spiro atoms. The molecule has 0 bridgehead atoms. The second-order valence-electron chi connectivity index (χ2n) is 6.64. The zero-order valence-corrected chi connectivity index (χ0v) is 18.7. The summed E-state index contributed by atoms with van der Waals surface area (Å²) in [6, 6.07) is 11.3. The van der Waals surface area contributed by atoms with Crippen LogP contribution in [-0.4, -0.2) is 27.0 Å². The van der Waals surface area contributed by atoms with Crippen molar-refractivity contribution in [2.24, 2.45) is 0 Å². The van der Waals surface area contributed by atoms with Crippen LogP contribution in [0, 0.1) is 6.92 Å². The molecular weight excluding hydrogens is 468 g/mol. The Hall–Kier alpha value is -2.90. The first-order valence-electron chi connectivity index (χ1n) is 9.12. The van der Waals surface area contributed by atoms with Crippen molar-refractivity contribution in [2.75, 3.05) is 7.11 Å². The van der Waals surface area contributed by atoms with Crippen LogP contribution in [0.5, 0.6) is 11.5 Å². The number of benzene rings is 1. The van der Waals surface area contributed by atoms with Crippen LogP contribution in [0.2, 0.25) is 5.15 Å². The predicted octanol–water partition coefficient (Wildman–Crippen LogP) is 5.85. The Labute approximate surface area is 187 Å². The highest BCUT2D eigenvalue weighted by molar-refractivity contribution is 9.10. The second kappa shape index (κ2) is 8.85. The second-order valence-corrected chi connectivity index (χ2v) is 7.82. The summed E-state index contributed by atoms with van der Waals surface area (Å²) in [6.45, 7) is 2.43. The molecular formula is C22H18BrClN4O2. The molecule has 3 aromatic heterocycles. The minimum atomic E-state index is 0.428. The maximum Gasteiger partial charge on any atom is 0.140 e. The van der Waals surface area contributed by atoms with Gasteiger partial charge in [0.25, 0.3) is 0 Å². The molecule has 3 heterocycles. The summed E-state index contributed by atoms with van der Waals surface area (Å²) in [7, 11) is 1.62. The van der Waals surface area contributed by atoms with Crippen molar-refractivity contribution in [3.63, 3.8) is 0 Å². The highest BCUT2D eigenvalue weighted by Gasteiger charge is 2.16. The third kappa shape index (κ3) is 4.47. The molecule has 0 atom stereocenters. The van der Waals surface area contributed by atoms with Crippen LogP contribution in [0.1, 0.15) is 11.1 Å². The van der Waals surface area contributed by atoms with Crippen LogP contribution in [0.4, 0.5) is 0 Å². The molecule has 0 aliphatic rings. The van der Waals surface area contributed by atoms with Crippen LogP contribution < -0.4 is 9.47 Å². The first-order valence-corrected chi connectivity index (χ1v) is 10.3. The molecule has 0 aliphatic heterocycles. The lowest BCUT2D eigenvalue weighted by atomic mass is 10.1. The van der Waals surface area contributed by atoms with Crippen molar-refractivity contribution >= 4 is 27.5 Å². The van der Waals surface area contributed by atoms with Gasteiger partial charge in [0, 0.05) is 41.3 Å². The standard InChI is InChI=1S/C22H18BrClN4O2/c1-13-7-14(10-25-9-13)12-30-16-4-5-17(18(8-16)29-2)20-21(23)28-22(27-20)15-3-6-19(24)26-11-15/h3-11H,12H2,1-2H3,(H,27,28). The van der Waals surface area contributed by atoms with Crippen LogP contribution in [0.25, 0.3) is 22.6 Å². The fraction of sp³-hybridized carbons (Fsp3) is 0.136. The molecule has 4 aromatic rings. The third-order valence-corrected chi connectivity index (χ3v) is 5.22. The van der Waals surface area contributed by atoms with E-state index in [2.05, 4.69) is 30.9 Å². The number of nitrogens with one attached hydrogen (secondary N) is 1. The molecule has 6 nitrogen and oxygen atoms in total. The quantitative estimate of drug-likeness (QED) is 0.347. The summed E-state index contributed by atoms with van der Waals surface area (Å²) in [6.07, 6.45) is 5.29. The molecule has 30 heavy (non-hydrogen) atoms. The maximum absolute atomic E-state index is 5.92. The minimum absolute atomic E-state index is 0.428. The van der Waals surface area contributed by atoms with Gasteiger partial charge in [-0.2, -0.15) is 0 Å². The van der Waals surface area contributed by atoms with Gasteiger partial charge in [0.05, 0.1) is 7.11 Å². The molecule has 0 saturated carbocycles. The summed E-state index contributed by atoms with van der Waals surface area (Å²) in [5.41, 5.74) is 4.50. The molecule has 0 unspecified atom stereocenters. The van der Waals surface area contributed by atoms with Crippen LogP contribution in [-0.2, 0) is 6.61 Å². The van der Waals surface area contributed by atoms with E-state index in [9.17, 15) is 0 Å². The van der Waals surface area contributed by atoms with Gasteiger partial charge in [-0.05, 0) is 58.7 Å².